The number of esters is 1. The molecule has 1 heterocycles. The quantitative estimate of drug-likeness (QED) is 0.416. The van der Waals surface area contributed by atoms with Gasteiger partial charge in [0.25, 0.3) is 0 Å². The first kappa shape index (κ1) is 24.4. The van der Waals surface area contributed by atoms with Gasteiger partial charge in [-0.2, -0.15) is 0 Å². The zero-order valence-electron chi connectivity index (χ0n) is 18.7. The van der Waals surface area contributed by atoms with Gasteiger partial charge in [-0.1, -0.05) is 54.1 Å². The van der Waals surface area contributed by atoms with Crippen molar-refractivity contribution in [2.75, 3.05) is 7.11 Å². The van der Waals surface area contributed by atoms with Crippen LogP contribution in [0.5, 0.6) is 17.2 Å². The summed E-state index contributed by atoms with van der Waals surface area (Å²) in [6.45, 7) is 3.61. The van der Waals surface area contributed by atoms with Crippen molar-refractivity contribution < 1.29 is 24.1 Å². The van der Waals surface area contributed by atoms with Gasteiger partial charge in [0.05, 0.1) is 17.8 Å². The summed E-state index contributed by atoms with van der Waals surface area (Å²) in [5, 5.41) is 13.7. The van der Waals surface area contributed by atoms with Crippen molar-refractivity contribution in [3.8, 4) is 17.2 Å². The lowest BCUT2D eigenvalue weighted by atomic mass is 10.0. The highest BCUT2D eigenvalue weighted by Gasteiger charge is 2.27. The molecule has 0 saturated carbocycles. The molecule has 0 bridgehead atoms. The number of carbonyl (C=O) groups excluding carboxylic acids is 1. The zero-order chi connectivity index (χ0) is 23.8. The maximum Gasteiger partial charge on any atom is 0.323 e. The SMILES string of the molecule is COc1ccnc(CN[C@@H](C)C(=O)O[C@@H](C)[C@H](Oc2ccccc2Cl)c2ccccc2)c1O. The van der Waals surface area contributed by atoms with Gasteiger partial charge in [-0.05, 0) is 31.5 Å². The van der Waals surface area contributed by atoms with Crippen molar-refractivity contribution in [1.29, 1.82) is 0 Å². The number of nitrogens with one attached hydrogen (secondary N) is 1. The standard InChI is InChI=1S/C25H27ClN2O5/c1-16(28-15-20-23(29)22(31-3)13-14-27-20)25(30)32-17(2)24(18-9-5-4-6-10-18)33-21-12-8-7-11-19(21)26/h4-14,16-17,24,28-29H,15H2,1-3H3/t16-,17-,24-/m0/s1. The Labute approximate surface area is 198 Å². The van der Waals surface area contributed by atoms with Gasteiger partial charge in [0.2, 0.25) is 0 Å². The molecule has 33 heavy (non-hydrogen) atoms. The highest BCUT2D eigenvalue weighted by molar-refractivity contribution is 6.32. The van der Waals surface area contributed by atoms with Crippen LogP contribution in [-0.2, 0) is 16.1 Å². The van der Waals surface area contributed by atoms with Gasteiger partial charge in [-0.25, -0.2) is 0 Å². The normalized spacial score (nSPS) is 13.6. The third-order valence-electron chi connectivity index (χ3n) is 5.06. The number of pyridine rings is 1. The molecule has 0 fully saturated rings. The second-order valence-electron chi connectivity index (χ2n) is 7.43. The number of hydrogen-bond donors (Lipinski definition) is 2. The second kappa shape index (κ2) is 11.5. The molecule has 8 heteroatoms. The lowest BCUT2D eigenvalue weighted by Gasteiger charge is -2.27. The van der Waals surface area contributed by atoms with Crippen LogP contribution in [0.2, 0.25) is 5.02 Å². The molecule has 3 aromatic rings. The Balaban J connectivity index is 1.67. The molecule has 0 amide bonds. The number of aromatic nitrogens is 1. The van der Waals surface area contributed by atoms with Gasteiger partial charge >= 0.3 is 5.97 Å². The monoisotopic (exact) mass is 470 g/mol. The Morgan fingerprint density at radius 2 is 1.76 bits per heavy atom. The first-order chi connectivity index (χ1) is 15.9. The first-order valence-corrected chi connectivity index (χ1v) is 10.9. The average molecular weight is 471 g/mol. The maximum atomic E-state index is 12.8. The topological polar surface area (TPSA) is 89.9 Å². The van der Waals surface area contributed by atoms with Crippen LogP contribution < -0.4 is 14.8 Å². The van der Waals surface area contributed by atoms with E-state index >= 15 is 0 Å². The molecule has 3 rings (SSSR count). The number of carbonyl (C=O) groups is 1. The summed E-state index contributed by atoms with van der Waals surface area (Å²) in [7, 11) is 1.46. The fourth-order valence-corrected chi connectivity index (χ4v) is 3.39. The summed E-state index contributed by atoms with van der Waals surface area (Å²) in [6, 6.07) is 17.6. The Hall–Kier alpha value is -3.29. The minimum Gasteiger partial charge on any atom is -0.503 e. The van der Waals surface area contributed by atoms with Crippen molar-refractivity contribution >= 4 is 17.6 Å². The van der Waals surface area contributed by atoms with E-state index in [1.54, 1.807) is 32.0 Å². The highest BCUT2D eigenvalue weighted by Crippen LogP contribution is 2.31. The number of methoxy groups -OCH3 is 1. The Morgan fingerprint density at radius 3 is 2.45 bits per heavy atom. The van der Waals surface area contributed by atoms with E-state index in [4.69, 9.17) is 25.8 Å². The Morgan fingerprint density at radius 1 is 1.06 bits per heavy atom. The summed E-state index contributed by atoms with van der Waals surface area (Å²) < 4.78 is 17.0. The van der Waals surface area contributed by atoms with Gasteiger partial charge in [-0.15, -0.1) is 0 Å². The van der Waals surface area contributed by atoms with E-state index in [0.29, 0.717) is 22.2 Å². The summed E-state index contributed by atoms with van der Waals surface area (Å²) in [4.78, 5) is 16.9. The molecule has 0 spiro atoms. The Kier molecular flexibility index (Phi) is 8.52. The van der Waals surface area contributed by atoms with Crippen LogP contribution in [0.3, 0.4) is 0 Å². The van der Waals surface area contributed by atoms with Gasteiger partial charge in [0, 0.05) is 18.8 Å². The fourth-order valence-electron chi connectivity index (χ4n) is 3.21. The van der Waals surface area contributed by atoms with Crippen LogP contribution in [0, 0.1) is 0 Å². The molecular weight excluding hydrogens is 444 g/mol. The van der Waals surface area contributed by atoms with Gasteiger partial charge in [0.1, 0.15) is 17.9 Å². The van der Waals surface area contributed by atoms with Crippen molar-refractivity contribution in [3.63, 3.8) is 0 Å². The highest BCUT2D eigenvalue weighted by atomic mass is 35.5. The number of hydrogen-bond acceptors (Lipinski definition) is 7. The third kappa shape index (κ3) is 6.37. The molecule has 0 unspecified atom stereocenters. The minimum absolute atomic E-state index is 0.0706. The van der Waals surface area contributed by atoms with Crippen molar-refractivity contribution in [1.82, 2.24) is 10.3 Å². The van der Waals surface area contributed by atoms with E-state index < -0.39 is 24.2 Å². The van der Waals surface area contributed by atoms with Crippen molar-refractivity contribution in [2.45, 2.75) is 38.6 Å². The molecular formula is C25H27ClN2O5. The third-order valence-corrected chi connectivity index (χ3v) is 5.37. The van der Waals surface area contributed by atoms with Crippen LogP contribution >= 0.6 is 11.6 Å². The molecule has 174 valence electrons. The Bertz CT molecular complexity index is 1060. The summed E-state index contributed by atoms with van der Waals surface area (Å²) in [5.41, 5.74) is 1.22. The fraction of sp³-hybridized carbons (Fsp3) is 0.280. The van der Waals surface area contributed by atoms with E-state index in [2.05, 4.69) is 10.3 Å². The molecule has 7 nitrogen and oxygen atoms in total. The second-order valence-corrected chi connectivity index (χ2v) is 7.84. The van der Waals surface area contributed by atoms with Crippen LogP contribution in [0.15, 0.2) is 66.9 Å². The number of aromatic hydroxyl groups is 1. The summed E-state index contributed by atoms with van der Waals surface area (Å²) in [5.74, 6) is 0.280. The van der Waals surface area contributed by atoms with E-state index in [-0.39, 0.29) is 12.3 Å². The molecule has 2 N–H and O–H groups in total. The van der Waals surface area contributed by atoms with E-state index in [1.807, 2.05) is 42.5 Å². The minimum atomic E-state index is -0.656. The average Bonchev–Trinajstić information content (AvgIpc) is 2.83. The lowest BCUT2D eigenvalue weighted by molar-refractivity contribution is -0.155. The number of rotatable bonds is 10. The summed E-state index contributed by atoms with van der Waals surface area (Å²) >= 11 is 6.27. The molecule has 0 aliphatic carbocycles. The lowest BCUT2D eigenvalue weighted by Crippen LogP contribution is -2.38. The number of ether oxygens (including phenoxy) is 3. The van der Waals surface area contributed by atoms with Crippen LogP contribution in [-0.4, -0.2) is 35.3 Å². The zero-order valence-corrected chi connectivity index (χ0v) is 19.5. The van der Waals surface area contributed by atoms with E-state index in [1.165, 1.54) is 13.3 Å². The van der Waals surface area contributed by atoms with E-state index in [0.717, 1.165) is 5.56 Å². The molecule has 3 atom stereocenters. The molecule has 0 radical (unpaired) electrons. The number of para-hydroxylation sites is 1. The maximum absolute atomic E-state index is 12.8. The van der Waals surface area contributed by atoms with Crippen LogP contribution in [0.25, 0.3) is 0 Å². The number of benzene rings is 2. The van der Waals surface area contributed by atoms with E-state index in [9.17, 15) is 9.90 Å². The van der Waals surface area contributed by atoms with Gasteiger partial charge in [0.15, 0.2) is 17.6 Å². The first-order valence-electron chi connectivity index (χ1n) is 10.5. The summed E-state index contributed by atoms with van der Waals surface area (Å²) in [6.07, 6.45) is 0.354. The molecule has 0 aliphatic heterocycles. The molecule has 1 aromatic heterocycles. The predicted octanol–water partition coefficient (Wildman–Crippen LogP) is 4.68. The van der Waals surface area contributed by atoms with Gasteiger partial charge < -0.3 is 19.3 Å². The van der Waals surface area contributed by atoms with Crippen molar-refractivity contribution in [2.24, 2.45) is 0 Å². The number of nitrogens with zero attached hydrogens (tertiary/aromatic N) is 1. The smallest absolute Gasteiger partial charge is 0.323 e. The molecule has 0 saturated heterocycles. The van der Waals surface area contributed by atoms with Crippen molar-refractivity contribution in [3.05, 3.63) is 83.1 Å². The predicted molar refractivity (Wildman–Crippen MR) is 126 cm³/mol. The molecule has 2 aromatic carbocycles. The largest absolute Gasteiger partial charge is 0.503 e. The van der Waals surface area contributed by atoms with Crippen LogP contribution in [0.4, 0.5) is 0 Å². The van der Waals surface area contributed by atoms with Gasteiger partial charge in [-0.3, -0.25) is 15.1 Å². The molecule has 0 aliphatic rings. The van der Waals surface area contributed by atoms with Crippen LogP contribution in [0.1, 0.15) is 31.2 Å². The number of halogens is 1.